The lowest BCUT2D eigenvalue weighted by molar-refractivity contribution is -0.138. The Morgan fingerprint density at radius 3 is 2.41 bits per heavy atom. The number of thiophene rings is 1. The van der Waals surface area contributed by atoms with Crippen molar-refractivity contribution in [3.05, 3.63) is 75.2 Å². The molecule has 7 heteroatoms. The van der Waals surface area contributed by atoms with Crippen molar-refractivity contribution in [2.45, 2.75) is 12.5 Å². The van der Waals surface area contributed by atoms with Crippen LogP contribution in [0.2, 0.25) is 0 Å². The van der Waals surface area contributed by atoms with Crippen molar-refractivity contribution in [2.24, 2.45) is 0 Å². The van der Waals surface area contributed by atoms with Crippen molar-refractivity contribution in [1.82, 2.24) is 9.97 Å². The maximum atomic E-state index is 12.1. The molecule has 146 valence electrons. The summed E-state index contributed by atoms with van der Waals surface area (Å²) < 4.78 is 1.08. The van der Waals surface area contributed by atoms with E-state index in [1.54, 1.807) is 23.3 Å². The molecule has 0 saturated heterocycles. The molecule has 0 radical (unpaired) electrons. The van der Waals surface area contributed by atoms with Crippen LogP contribution in [0.5, 0.6) is 0 Å². The standard InChI is InChI=1S/C22H18IN3O2S/c1-26(17(22(27)28)12-14-8-4-2-5-9-14)20-16-13-18(23)29-21(16)25-19(24-20)15-10-6-3-7-11-15/h2-11,13,17H,12H2,1H3,(H,27,28)/t17-/m0/s1. The fourth-order valence-corrected chi connectivity index (χ4v) is 4.93. The van der Waals surface area contributed by atoms with Crippen LogP contribution < -0.4 is 4.90 Å². The number of anilines is 1. The van der Waals surface area contributed by atoms with Crippen molar-refractivity contribution in [1.29, 1.82) is 0 Å². The van der Waals surface area contributed by atoms with E-state index in [2.05, 4.69) is 22.6 Å². The molecule has 2 heterocycles. The zero-order valence-corrected chi connectivity index (χ0v) is 18.6. The number of fused-ring (bicyclic) bond motifs is 1. The van der Waals surface area contributed by atoms with Crippen LogP contribution in [0.15, 0.2) is 66.7 Å². The van der Waals surface area contributed by atoms with Gasteiger partial charge in [-0.25, -0.2) is 14.8 Å². The Balaban J connectivity index is 1.81. The van der Waals surface area contributed by atoms with Crippen LogP contribution in [0.1, 0.15) is 5.56 Å². The van der Waals surface area contributed by atoms with Crippen molar-refractivity contribution >= 4 is 55.9 Å². The lowest BCUT2D eigenvalue weighted by Crippen LogP contribution is -2.41. The summed E-state index contributed by atoms with van der Waals surface area (Å²) in [4.78, 5) is 24.3. The highest BCUT2D eigenvalue weighted by atomic mass is 127. The van der Waals surface area contributed by atoms with Gasteiger partial charge in [-0.3, -0.25) is 0 Å². The predicted molar refractivity (Wildman–Crippen MR) is 126 cm³/mol. The van der Waals surface area contributed by atoms with Gasteiger partial charge in [0.05, 0.1) is 8.27 Å². The van der Waals surface area contributed by atoms with Crippen LogP contribution >= 0.6 is 33.9 Å². The first-order valence-corrected chi connectivity index (χ1v) is 10.9. The van der Waals surface area contributed by atoms with E-state index >= 15 is 0 Å². The van der Waals surface area contributed by atoms with Crippen molar-refractivity contribution in [2.75, 3.05) is 11.9 Å². The van der Waals surface area contributed by atoms with Gasteiger partial charge in [-0.1, -0.05) is 60.7 Å². The number of aromatic nitrogens is 2. The number of rotatable bonds is 6. The van der Waals surface area contributed by atoms with Gasteiger partial charge >= 0.3 is 5.97 Å². The highest BCUT2D eigenvalue weighted by Gasteiger charge is 2.27. The molecule has 5 nitrogen and oxygen atoms in total. The third-order valence-electron chi connectivity index (χ3n) is 4.73. The zero-order valence-electron chi connectivity index (χ0n) is 15.6. The molecule has 4 aromatic rings. The molecule has 0 aliphatic heterocycles. The number of hydrogen-bond donors (Lipinski definition) is 1. The topological polar surface area (TPSA) is 66.3 Å². The van der Waals surface area contributed by atoms with Gasteiger partial charge in [-0.2, -0.15) is 0 Å². The van der Waals surface area contributed by atoms with E-state index in [1.807, 2.05) is 66.7 Å². The average molecular weight is 515 g/mol. The largest absolute Gasteiger partial charge is 0.480 e. The zero-order chi connectivity index (χ0) is 20.4. The maximum absolute atomic E-state index is 12.1. The molecular weight excluding hydrogens is 497 g/mol. The van der Waals surface area contributed by atoms with Crippen LogP contribution in [-0.4, -0.2) is 34.1 Å². The first-order chi connectivity index (χ1) is 14.0. The Kier molecular flexibility index (Phi) is 5.77. The summed E-state index contributed by atoms with van der Waals surface area (Å²) in [6, 6.07) is 20.7. The smallest absolute Gasteiger partial charge is 0.326 e. The van der Waals surface area contributed by atoms with E-state index in [0.717, 1.165) is 24.2 Å². The summed E-state index contributed by atoms with van der Waals surface area (Å²) in [7, 11) is 1.79. The minimum absolute atomic E-state index is 0.389. The molecule has 4 rings (SSSR count). The number of hydrogen-bond acceptors (Lipinski definition) is 5. The molecule has 0 saturated carbocycles. The van der Waals surface area contributed by atoms with Crippen LogP contribution in [0.3, 0.4) is 0 Å². The van der Waals surface area contributed by atoms with E-state index in [-0.39, 0.29) is 0 Å². The third-order valence-corrected chi connectivity index (χ3v) is 6.52. The molecule has 2 aromatic carbocycles. The molecule has 0 fully saturated rings. The van der Waals surface area contributed by atoms with Gasteiger partial charge < -0.3 is 10.0 Å². The molecule has 0 spiro atoms. The van der Waals surface area contributed by atoms with Gasteiger partial charge in [-0.05, 0) is 34.2 Å². The third kappa shape index (κ3) is 4.25. The summed E-state index contributed by atoms with van der Waals surface area (Å²) in [5, 5.41) is 10.8. The molecule has 0 aliphatic rings. The van der Waals surface area contributed by atoms with E-state index < -0.39 is 12.0 Å². The van der Waals surface area contributed by atoms with E-state index in [9.17, 15) is 9.90 Å². The molecule has 1 N–H and O–H groups in total. The number of carboxylic acid groups (broad SMARTS) is 1. The Hall–Kier alpha value is -2.52. The molecule has 1 atom stereocenters. The minimum Gasteiger partial charge on any atom is -0.480 e. The Morgan fingerprint density at radius 2 is 1.76 bits per heavy atom. The van der Waals surface area contributed by atoms with Crippen molar-refractivity contribution < 1.29 is 9.90 Å². The summed E-state index contributed by atoms with van der Waals surface area (Å²) in [5.41, 5.74) is 1.88. The van der Waals surface area contributed by atoms with E-state index in [1.165, 1.54) is 0 Å². The first kappa shape index (κ1) is 19.8. The maximum Gasteiger partial charge on any atom is 0.326 e. The molecule has 2 aromatic heterocycles. The highest BCUT2D eigenvalue weighted by molar-refractivity contribution is 14.1. The highest BCUT2D eigenvalue weighted by Crippen LogP contribution is 2.34. The number of carbonyl (C=O) groups is 1. The van der Waals surface area contributed by atoms with Gasteiger partial charge in [0, 0.05) is 19.0 Å². The Labute approximate surface area is 186 Å². The van der Waals surface area contributed by atoms with Gasteiger partial charge in [0.1, 0.15) is 16.7 Å². The van der Waals surface area contributed by atoms with Gasteiger partial charge in [0.15, 0.2) is 5.82 Å². The summed E-state index contributed by atoms with van der Waals surface area (Å²) >= 11 is 3.84. The minimum atomic E-state index is -0.880. The number of nitrogens with zero attached hydrogens (tertiary/aromatic N) is 3. The predicted octanol–water partition coefficient (Wildman–Crippen LogP) is 5.10. The van der Waals surface area contributed by atoms with Gasteiger partial charge in [-0.15, -0.1) is 11.3 Å². The second-order valence-corrected chi connectivity index (χ2v) is 9.59. The second-order valence-electron chi connectivity index (χ2n) is 6.66. The van der Waals surface area contributed by atoms with E-state index in [4.69, 9.17) is 9.97 Å². The Morgan fingerprint density at radius 1 is 1.10 bits per heavy atom. The fourth-order valence-electron chi connectivity index (χ4n) is 3.24. The van der Waals surface area contributed by atoms with Crippen LogP contribution in [-0.2, 0) is 11.2 Å². The van der Waals surface area contributed by atoms with Crippen LogP contribution in [0.4, 0.5) is 5.82 Å². The molecular formula is C22H18IN3O2S. The van der Waals surface area contributed by atoms with Gasteiger partial charge in [0.2, 0.25) is 0 Å². The number of aliphatic carboxylic acids is 1. The number of carboxylic acids is 1. The Bertz CT molecular complexity index is 1150. The van der Waals surface area contributed by atoms with Crippen molar-refractivity contribution in [3.63, 3.8) is 0 Å². The average Bonchev–Trinajstić information content (AvgIpc) is 3.12. The number of halogens is 1. The molecule has 29 heavy (non-hydrogen) atoms. The van der Waals surface area contributed by atoms with E-state index in [0.29, 0.717) is 18.1 Å². The van der Waals surface area contributed by atoms with Crippen LogP contribution in [0, 0.1) is 2.88 Å². The monoisotopic (exact) mass is 515 g/mol. The van der Waals surface area contributed by atoms with Crippen LogP contribution in [0.25, 0.3) is 21.6 Å². The SMILES string of the molecule is CN(c1nc(-c2ccccc2)nc2sc(I)cc12)[C@@H](Cc1ccccc1)C(=O)O. The van der Waals surface area contributed by atoms with Crippen molar-refractivity contribution in [3.8, 4) is 11.4 Å². The lowest BCUT2D eigenvalue weighted by Gasteiger charge is -2.27. The lowest BCUT2D eigenvalue weighted by atomic mass is 10.0. The summed E-state index contributed by atoms with van der Waals surface area (Å²) in [5.74, 6) is 0.354. The number of likely N-dealkylation sites (N-methyl/N-ethyl adjacent to an activating group) is 1. The molecule has 0 unspecified atom stereocenters. The quantitative estimate of drug-likeness (QED) is 0.363. The first-order valence-electron chi connectivity index (χ1n) is 9.05. The summed E-state index contributed by atoms with van der Waals surface area (Å²) in [6.07, 6.45) is 0.389. The number of benzene rings is 2. The molecule has 0 amide bonds. The molecule has 0 bridgehead atoms. The normalized spacial score (nSPS) is 12.1. The second kappa shape index (κ2) is 8.46. The van der Waals surface area contributed by atoms with Gasteiger partial charge in [0.25, 0.3) is 0 Å². The molecule has 0 aliphatic carbocycles. The fraction of sp³-hybridized carbons (Fsp3) is 0.136. The summed E-state index contributed by atoms with van der Waals surface area (Å²) in [6.45, 7) is 0.